The number of thiazole rings is 1. The van der Waals surface area contributed by atoms with Crippen molar-refractivity contribution in [2.45, 2.75) is 6.04 Å². The fourth-order valence-corrected chi connectivity index (χ4v) is 3.16. The normalized spacial score (nSPS) is 18.5. The number of para-hydroxylation sites is 1. The molecule has 1 saturated heterocycles. The number of methoxy groups -OCH3 is 1. The Morgan fingerprint density at radius 2 is 2.33 bits per heavy atom. The van der Waals surface area contributed by atoms with Crippen molar-refractivity contribution in [3.05, 3.63) is 46.4 Å². The molecule has 21 heavy (non-hydrogen) atoms. The maximum atomic E-state index is 12.6. The van der Waals surface area contributed by atoms with Crippen LogP contribution in [0.1, 0.15) is 22.1 Å². The van der Waals surface area contributed by atoms with E-state index in [9.17, 15) is 4.79 Å². The van der Waals surface area contributed by atoms with Gasteiger partial charge in [0.25, 0.3) is 5.91 Å². The van der Waals surface area contributed by atoms with E-state index in [4.69, 9.17) is 4.74 Å². The summed E-state index contributed by atoms with van der Waals surface area (Å²) >= 11 is 1.44. The van der Waals surface area contributed by atoms with Crippen LogP contribution in [0.2, 0.25) is 0 Å². The summed E-state index contributed by atoms with van der Waals surface area (Å²) in [7, 11) is 1.65. The van der Waals surface area contributed by atoms with Gasteiger partial charge in [0.15, 0.2) is 0 Å². The van der Waals surface area contributed by atoms with Crippen LogP contribution < -0.4 is 10.1 Å². The minimum atomic E-state index is -0.0379. The van der Waals surface area contributed by atoms with Gasteiger partial charge in [-0.3, -0.25) is 4.79 Å². The monoisotopic (exact) mass is 303 g/mol. The Balaban J connectivity index is 1.93. The zero-order chi connectivity index (χ0) is 14.7. The van der Waals surface area contributed by atoms with Crippen molar-refractivity contribution < 1.29 is 9.53 Å². The molecule has 1 aromatic heterocycles. The fourth-order valence-electron chi connectivity index (χ4n) is 2.63. The Bertz CT molecular complexity index is 615. The number of amides is 1. The Labute approximate surface area is 127 Å². The molecule has 0 spiro atoms. The molecule has 2 heterocycles. The molecule has 1 amide bonds. The second-order valence-electron chi connectivity index (χ2n) is 4.83. The Kier molecular flexibility index (Phi) is 4.17. The molecule has 1 unspecified atom stereocenters. The number of aromatic nitrogens is 1. The van der Waals surface area contributed by atoms with Crippen LogP contribution in [0, 0.1) is 0 Å². The second-order valence-corrected chi connectivity index (χ2v) is 5.55. The van der Waals surface area contributed by atoms with Gasteiger partial charge in [0.05, 0.1) is 18.7 Å². The molecule has 3 rings (SSSR count). The van der Waals surface area contributed by atoms with E-state index in [1.807, 2.05) is 29.2 Å². The molecule has 1 aliphatic heterocycles. The van der Waals surface area contributed by atoms with Crippen LogP contribution in [0.5, 0.6) is 5.75 Å². The molecule has 2 aromatic rings. The Morgan fingerprint density at radius 1 is 1.48 bits per heavy atom. The van der Waals surface area contributed by atoms with E-state index in [2.05, 4.69) is 10.3 Å². The highest BCUT2D eigenvalue weighted by Gasteiger charge is 2.31. The molecule has 0 saturated carbocycles. The summed E-state index contributed by atoms with van der Waals surface area (Å²) in [5.74, 6) is 0.788. The van der Waals surface area contributed by atoms with Crippen LogP contribution >= 0.6 is 11.3 Å². The molecule has 110 valence electrons. The smallest absolute Gasteiger partial charge is 0.273 e. The van der Waals surface area contributed by atoms with Crippen molar-refractivity contribution in [2.75, 3.05) is 26.7 Å². The van der Waals surface area contributed by atoms with E-state index in [-0.39, 0.29) is 11.9 Å². The average molecular weight is 303 g/mol. The summed E-state index contributed by atoms with van der Waals surface area (Å²) in [5.41, 5.74) is 3.23. The predicted octanol–water partition coefficient (Wildman–Crippen LogP) is 1.94. The lowest BCUT2D eigenvalue weighted by atomic mass is 10.0. The van der Waals surface area contributed by atoms with E-state index >= 15 is 0 Å². The van der Waals surface area contributed by atoms with Crippen molar-refractivity contribution >= 4 is 17.2 Å². The maximum absolute atomic E-state index is 12.6. The van der Waals surface area contributed by atoms with Crippen LogP contribution in [-0.2, 0) is 0 Å². The molecule has 1 aromatic carbocycles. The largest absolute Gasteiger partial charge is 0.496 e. The fraction of sp³-hybridized carbons (Fsp3) is 0.333. The number of rotatable bonds is 3. The summed E-state index contributed by atoms with van der Waals surface area (Å²) < 4.78 is 5.44. The van der Waals surface area contributed by atoms with Gasteiger partial charge in [-0.2, -0.15) is 0 Å². The zero-order valence-electron chi connectivity index (χ0n) is 11.8. The molecule has 1 N–H and O–H groups in total. The van der Waals surface area contributed by atoms with E-state index in [0.717, 1.165) is 24.4 Å². The molecule has 6 heteroatoms. The first-order chi connectivity index (χ1) is 10.3. The predicted molar refractivity (Wildman–Crippen MR) is 81.8 cm³/mol. The Morgan fingerprint density at radius 3 is 3.10 bits per heavy atom. The summed E-state index contributed by atoms with van der Waals surface area (Å²) in [6, 6.07) is 7.81. The van der Waals surface area contributed by atoms with Crippen molar-refractivity contribution in [1.29, 1.82) is 0 Å². The van der Waals surface area contributed by atoms with Crippen molar-refractivity contribution in [3.63, 3.8) is 0 Å². The van der Waals surface area contributed by atoms with Crippen LogP contribution in [0.25, 0.3) is 0 Å². The number of piperazine rings is 1. The van der Waals surface area contributed by atoms with Crippen LogP contribution in [0.15, 0.2) is 35.2 Å². The summed E-state index contributed by atoms with van der Waals surface area (Å²) in [4.78, 5) is 18.7. The summed E-state index contributed by atoms with van der Waals surface area (Å²) in [5, 5.41) is 5.14. The molecular formula is C15H17N3O2S. The van der Waals surface area contributed by atoms with E-state index < -0.39 is 0 Å². The molecular weight excluding hydrogens is 286 g/mol. The first-order valence-electron chi connectivity index (χ1n) is 6.84. The van der Waals surface area contributed by atoms with E-state index in [1.54, 1.807) is 18.0 Å². The number of ether oxygens (including phenoxy) is 1. The number of nitrogens with zero attached hydrogens (tertiary/aromatic N) is 2. The summed E-state index contributed by atoms with van der Waals surface area (Å²) in [6.07, 6.45) is 0. The quantitative estimate of drug-likeness (QED) is 0.941. The van der Waals surface area contributed by atoms with Gasteiger partial charge in [-0.05, 0) is 6.07 Å². The number of nitrogens with one attached hydrogen (secondary N) is 1. The minimum absolute atomic E-state index is 0.0198. The van der Waals surface area contributed by atoms with Gasteiger partial charge < -0.3 is 15.0 Å². The van der Waals surface area contributed by atoms with Gasteiger partial charge in [-0.25, -0.2) is 4.98 Å². The number of carbonyl (C=O) groups is 1. The topological polar surface area (TPSA) is 54.5 Å². The Hall–Kier alpha value is -1.92. The van der Waals surface area contributed by atoms with E-state index in [1.165, 1.54) is 11.3 Å². The maximum Gasteiger partial charge on any atom is 0.273 e. The number of benzene rings is 1. The second kappa shape index (κ2) is 6.24. The molecule has 1 atom stereocenters. The first kappa shape index (κ1) is 14.0. The first-order valence-corrected chi connectivity index (χ1v) is 7.78. The van der Waals surface area contributed by atoms with Gasteiger partial charge >= 0.3 is 0 Å². The van der Waals surface area contributed by atoms with Crippen LogP contribution in [-0.4, -0.2) is 42.5 Å². The van der Waals surface area contributed by atoms with Crippen molar-refractivity contribution in [1.82, 2.24) is 15.2 Å². The standard InChI is InChI=1S/C15H17N3O2S/c1-20-14-5-3-2-4-11(14)13-8-16-6-7-18(13)15(19)12-9-21-10-17-12/h2-5,9-10,13,16H,6-8H2,1H3. The SMILES string of the molecule is COc1ccccc1C1CNCCN1C(=O)c1cscn1. The molecule has 1 fully saturated rings. The van der Waals surface area contributed by atoms with Gasteiger partial charge in [0, 0.05) is 30.6 Å². The van der Waals surface area contributed by atoms with Gasteiger partial charge in [-0.1, -0.05) is 18.2 Å². The van der Waals surface area contributed by atoms with Crippen molar-refractivity contribution in [2.24, 2.45) is 0 Å². The zero-order valence-corrected chi connectivity index (χ0v) is 12.6. The lowest BCUT2D eigenvalue weighted by molar-refractivity contribution is 0.0626. The number of hydrogen-bond acceptors (Lipinski definition) is 5. The highest BCUT2D eigenvalue weighted by molar-refractivity contribution is 7.07. The molecule has 0 radical (unpaired) electrons. The molecule has 1 aliphatic rings. The number of hydrogen-bond donors (Lipinski definition) is 1. The lowest BCUT2D eigenvalue weighted by Gasteiger charge is -2.36. The number of carbonyl (C=O) groups excluding carboxylic acids is 1. The molecule has 0 bridgehead atoms. The lowest BCUT2D eigenvalue weighted by Crippen LogP contribution is -2.48. The molecule has 5 nitrogen and oxygen atoms in total. The van der Waals surface area contributed by atoms with Gasteiger partial charge in [0.2, 0.25) is 0 Å². The van der Waals surface area contributed by atoms with Gasteiger partial charge in [-0.15, -0.1) is 11.3 Å². The van der Waals surface area contributed by atoms with Crippen LogP contribution in [0.4, 0.5) is 0 Å². The summed E-state index contributed by atoms with van der Waals surface area (Å²) in [6.45, 7) is 2.18. The minimum Gasteiger partial charge on any atom is -0.496 e. The van der Waals surface area contributed by atoms with Gasteiger partial charge in [0.1, 0.15) is 11.4 Å². The average Bonchev–Trinajstić information content (AvgIpc) is 3.08. The third-order valence-corrected chi connectivity index (χ3v) is 4.24. The highest BCUT2D eigenvalue weighted by Crippen LogP contribution is 2.31. The van der Waals surface area contributed by atoms with Crippen molar-refractivity contribution in [3.8, 4) is 5.75 Å². The van der Waals surface area contributed by atoms with Crippen LogP contribution in [0.3, 0.4) is 0 Å². The third kappa shape index (κ3) is 2.77. The highest BCUT2D eigenvalue weighted by atomic mass is 32.1. The third-order valence-electron chi connectivity index (χ3n) is 3.65. The molecule has 0 aliphatic carbocycles. The van der Waals surface area contributed by atoms with E-state index in [0.29, 0.717) is 12.2 Å².